The van der Waals surface area contributed by atoms with Crippen LogP contribution in [0.3, 0.4) is 0 Å². The Balaban J connectivity index is 1.26. The van der Waals surface area contributed by atoms with Gasteiger partial charge in [0.1, 0.15) is 11.6 Å². The van der Waals surface area contributed by atoms with Crippen molar-refractivity contribution in [2.45, 2.75) is 6.54 Å². The lowest BCUT2D eigenvalue weighted by molar-refractivity contribution is -0.120. The van der Waals surface area contributed by atoms with Crippen LogP contribution in [0.4, 0.5) is 5.82 Å². The highest BCUT2D eigenvalue weighted by Gasteiger charge is 2.30. The number of halogens is 1. The fourth-order valence-corrected chi connectivity index (χ4v) is 4.64. The number of nitrogens with zero attached hydrogens (tertiary/aromatic N) is 6. The second-order valence-corrected chi connectivity index (χ2v) is 8.98. The smallest absolute Gasteiger partial charge is 0.242 e. The average molecular weight is 473 g/mol. The number of hydrogen-bond donors (Lipinski definition) is 0. The van der Waals surface area contributed by atoms with E-state index in [1.54, 1.807) is 9.58 Å². The highest BCUT2D eigenvalue weighted by atomic mass is 35.5. The van der Waals surface area contributed by atoms with Crippen LogP contribution in [0.25, 0.3) is 5.70 Å². The first-order valence-corrected chi connectivity index (χ1v) is 11.7. The molecule has 172 valence electrons. The first-order chi connectivity index (χ1) is 16.6. The van der Waals surface area contributed by atoms with E-state index in [4.69, 9.17) is 11.6 Å². The summed E-state index contributed by atoms with van der Waals surface area (Å²) in [5, 5.41) is 14.7. The molecule has 0 aliphatic carbocycles. The standard InChI is InChI=1S/C26H25ClN6O/c27-23-8-6-21(7-9-23)24-10-11-32(26-22(16-28)17-29-33(24)26)25(34)19-31-14-12-30(13-15-31)18-20-4-2-1-3-5-20/h1-10,17H,11-15,18-19H2. The summed E-state index contributed by atoms with van der Waals surface area (Å²) >= 11 is 6.04. The molecule has 2 aliphatic rings. The Bertz CT molecular complexity index is 1240. The van der Waals surface area contributed by atoms with Gasteiger partial charge in [-0.25, -0.2) is 4.68 Å². The van der Waals surface area contributed by atoms with Crippen LogP contribution < -0.4 is 4.90 Å². The Kier molecular flexibility index (Phi) is 6.45. The minimum absolute atomic E-state index is 0.0267. The topological polar surface area (TPSA) is 68.4 Å². The van der Waals surface area contributed by atoms with Gasteiger partial charge in [0, 0.05) is 49.9 Å². The second-order valence-electron chi connectivity index (χ2n) is 8.54. The lowest BCUT2D eigenvalue weighted by atomic mass is 10.1. The largest absolute Gasteiger partial charge is 0.297 e. The van der Waals surface area contributed by atoms with Gasteiger partial charge < -0.3 is 0 Å². The van der Waals surface area contributed by atoms with Gasteiger partial charge >= 0.3 is 0 Å². The summed E-state index contributed by atoms with van der Waals surface area (Å²) in [6.07, 6.45) is 3.49. The summed E-state index contributed by atoms with van der Waals surface area (Å²) in [7, 11) is 0. The molecule has 34 heavy (non-hydrogen) atoms. The Morgan fingerprint density at radius 1 is 1.00 bits per heavy atom. The van der Waals surface area contributed by atoms with Gasteiger partial charge in [-0.2, -0.15) is 10.4 Å². The van der Waals surface area contributed by atoms with E-state index in [9.17, 15) is 10.1 Å². The Labute approximate surface area is 204 Å². The zero-order valence-electron chi connectivity index (χ0n) is 18.8. The van der Waals surface area contributed by atoms with Crippen molar-refractivity contribution in [1.29, 1.82) is 5.26 Å². The van der Waals surface area contributed by atoms with Crippen molar-refractivity contribution >= 4 is 29.0 Å². The van der Waals surface area contributed by atoms with Crippen LogP contribution in [0.1, 0.15) is 16.7 Å². The summed E-state index contributed by atoms with van der Waals surface area (Å²) in [5.41, 5.74) is 3.47. The third-order valence-electron chi connectivity index (χ3n) is 6.33. The second kappa shape index (κ2) is 9.82. The van der Waals surface area contributed by atoms with Gasteiger partial charge in [0.15, 0.2) is 5.82 Å². The Morgan fingerprint density at radius 3 is 2.41 bits per heavy atom. The van der Waals surface area contributed by atoms with E-state index in [-0.39, 0.29) is 5.91 Å². The van der Waals surface area contributed by atoms with Gasteiger partial charge in [-0.05, 0) is 23.8 Å². The fourth-order valence-electron chi connectivity index (χ4n) is 4.51. The van der Waals surface area contributed by atoms with Crippen LogP contribution >= 0.6 is 11.6 Å². The van der Waals surface area contributed by atoms with Crippen molar-refractivity contribution in [3.63, 3.8) is 0 Å². The maximum absolute atomic E-state index is 13.3. The molecule has 1 fully saturated rings. The van der Waals surface area contributed by atoms with Crippen LogP contribution in [0.15, 0.2) is 66.9 Å². The SMILES string of the molecule is N#Cc1cnn2c1N(C(=O)CN1CCN(Cc3ccccc3)CC1)CC=C2c1ccc(Cl)cc1. The summed E-state index contributed by atoms with van der Waals surface area (Å²) in [6.45, 7) is 5.15. The van der Waals surface area contributed by atoms with E-state index in [1.165, 1.54) is 11.8 Å². The average Bonchev–Trinajstić information content (AvgIpc) is 3.30. The maximum Gasteiger partial charge on any atom is 0.242 e. The normalized spacial score (nSPS) is 16.6. The molecule has 8 heteroatoms. The number of anilines is 1. The lowest BCUT2D eigenvalue weighted by Crippen LogP contribution is -2.50. The molecule has 0 radical (unpaired) electrons. The molecular formula is C26H25ClN6O. The highest BCUT2D eigenvalue weighted by Crippen LogP contribution is 2.31. The van der Waals surface area contributed by atoms with Crippen LogP contribution in [0.5, 0.6) is 0 Å². The molecule has 2 aromatic carbocycles. The van der Waals surface area contributed by atoms with Crippen LogP contribution in [0, 0.1) is 11.3 Å². The van der Waals surface area contributed by atoms with Crippen molar-refractivity contribution in [2.75, 3.05) is 44.2 Å². The molecule has 5 rings (SSSR count). The zero-order chi connectivity index (χ0) is 23.5. The maximum atomic E-state index is 13.3. The van der Waals surface area contributed by atoms with Gasteiger partial charge in [-0.1, -0.05) is 54.1 Å². The van der Waals surface area contributed by atoms with E-state index < -0.39 is 0 Å². The Morgan fingerprint density at radius 2 is 1.71 bits per heavy atom. The Hall–Kier alpha value is -3.44. The summed E-state index contributed by atoms with van der Waals surface area (Å²) in [6, 6.07) is 20.1. The summed E-state index contributed by atoms with van der Waals surface area (Å²) in [4.78, 5) is 19.6. The number of nitriles is 1. The van der Waals surface area contributed by atoms with Crippen LogP contribution in [-0.4, -0.2) is 64.8 Å². The van der Waals surface area contributed by atoms with E-state index in [0.717, 1.165) is 44.0 Å². The van der Waals surface area contributed by atoms with Gasteiger partial charge in [0.05, 0.1) is 18.4 Å². The summed E-state index contributed by atoms with van der Waals surface area (Å²) < 4.78 is 1.68. The molecule has 0 bridgehead atoms. The van der Waals surface area contributed by atoms with Crippen molar-refractivity contribution in [3.8, 4) is 6.07 Å². The zero-order valence-corrected chi connectivity index (χ0v) is 19.5. The van der Waals surface area contributed by atoms with E-state index in [0.29, 0.717) is 29.5 Å². The number of hydrogen-bond acceptors (Lipinski definition) is 5. The first kappa shape index (κ1) is 22.4. The summed E-state index contributed by atoms with van der Waals surface area (Å²) in [5.74, 6) is 0.504. The van der Waals surface area contributed by atoms with Gasteiger partial charge in [0.25, 0.3) is 0 Å². The van der Waals surface area contributed by atoms with Gasteiger partial charge in [-0.15, -0.1) is 0 Å². The number of carbonyl (C=O) groups excluding carboxylic acids is 1. The lowest BCUT2D eigenvalue weighted by Gasteiger charge is -2.36. The fraction of sp³-hybridized carbons (Fsp3) is 0.269. The molecule has 3 heterocycles. The van der Waals surface area contributed by atoms with Crippen molar-refractivity contribution < 1.29 is 4.79 Å². The molecule has 0 spiro atoms. The number of rotatable bonds is 5. The molecule has 0 atom stereocenters. The predicted molar refractivity (Wildman–Crippen MR) is 132 cm³/mol. The van der Waals surface area contributed by atoms with E-state index in [1.807, 2.05) is 36.4 Å². The molecule has 7 nitrogen and oxygen atoms in total. The van der Waals surface area contributed by atoms with E-state index in [2.05, 4.69) is 45.2 Å². The number of aromatic nitrogens is 2. The van der Waals surface area contributed by atoms with Crippen molar-refractivity contribution in [1.82, 2.24) is 19.6 Å². The van der Waals surface area contributed by atoms with Crippen molar-refractivity contribution in [3.05, 3.63) is 88.6 Å². The van der Waals surface area contributed by atoms with Gasteiger partial charge in [0.2, 0.25) is 5.91 Å². The van der Waals surface area contributed by atoms with Crippen molar-refractivity contribution in [2.24, 2.45) is 0 Å². The highest BCUT2D eigenvalue weighted by molar-refractivity contribution is 6.30. The molecule has 0 unspecified atom stereocenters. The monoisotopic (exact) mass is 472 g/mol. The molecule has 1 aromatic heterocycles. The number of piperazine rings is 1. The van der Waals surface area contributed by atoms with Crippen LogP contribution in [0.2, 0.25) is 5.02 Å². The first-order valence-electron chi connectivity index (χ1n) is 11.4. The molecule has 2 aliphatic heterocycles. The predicted octanol–water partition coefficient (Wildman–Crippen LogP) is 3.46. The number of benzene rings is 2. The van der Waals surface area contributed by atoms with Crippen LogP contribution in [-0.2, 0) is 11.3 Å². The third kappa shape index (κ3) is 4.62. The molecule has 0 N–H and O–H groups in total. The van der Waals surface area contributed by atoms with Gasteiger partial charge in [-0.3, -0.25) is 19.5 Å². The number of fused-ring (bicyclic) bond motifs is 1. The molecule has 3 aromatic rings. The number of carbonyl (C=O) groups is 1. The minimum atomic E-state index is -0.0267. The molecule has 0 saturated carbocycles. The van der Waals surface area contributed by atoms with E-state index >= 15 is 0 Å². The third-order valence-corrected chi connectivity index (χ3v) is 6.58. The molecule has 1 amide bonds. The quantitative estimate of drug-likeness (QED) is 0.569. The molecular weight excluding hydrogens is 448 g/mol. The minimum Gasteiger partial charge on any atom is -0.297 e. The number of amides is 1. The molecule has 1 saturated heterocycles.